The van der Waals surface area contributed by atoms with Crippen LogP contribution in [0.15, 0.2) is 82.0 Å². The van der Waals surface area contributed by atoms with Crippen LogP contribution in [0.4, 0.5) is 11.4 Å². The van der Waals surface area contributed by atoms with Gasteiger partial charge in [0.1, 0.15) is 5.76 Å². The molecule has 1 aromatic heterocycles. The number of nitrogens with one attached hydrogen (secondary N) is 1. The van der Waals surface area contributed by atoms with Crippen LogP contribution in [-0.2, 0) is 4.79 Å². The molecule has 1 aliphatic rings. The number of para-hydroxylation sites is 1. The topological polar surface area (TPSA) is 79.6 Å². The number of carbonyl (C=O) groups is 2. The monoisotopic (exact) mass is 452 g/mol. The molecule has 0 saturated carbocycles. The number of anilines is 2. The Morgan fingerprint density at radius 2 is 1.74 bits per heavy atom. The number of rotatable bonds is 4. The molecule has 3 aromatic carbocycles. The van der Waals surface area contributed by atoms with E-state index in [0.717, 1.165) is 24.1 Å². The largest absolute Gasteiger partial charge is 0.455 e. The van der Waals surface area contributed by atoms with Gasteiger partial charge in [0.2, 0.25) is 5.91 Å². The van der Waals surface area contributed by atoms with Crippen molar-refractivity contribution in [1.82, 2.24) is 0 Å². The molecule has 0 aliphatic carbocycles. The number of nitrogens with zero attached hydrogens (tertiary/aromatic N) is 1. The molecule has 2 amide bonds. The Labute approximate surface area is 196 Å². The van der Waals surface area contributed by atoms with E-state index in [1.165, 1.54) is 0 Å². The summed E-state index contributed by atoms with van der Waals surface area (Å²) in [5.74, 6) is 0.150. The number of piperidine rings is 1. The fourth-order valence-corrected chi connectivity index (χ4v) is 4.38. The molecule has 6 heteroatoms. The highest BCUT2D eigenvalue weighted by Crippen LogP contribution is 2.28. The average Bonchev–Trinajstić information content (AvgIpc) is 2.87. The highest BCUT2D eigenvalue weighted by molar-refractivity contribution is 6.11. The van der Waals surface area contributed by atoms with E-state index in [9.17, 15) is 14.4 Å². The van der Waals surface area contributed by atoms with Gasteiger partial charge in [0, 0.05) is 35.5 Å². The summed E-state index contributed by atoms with van der Waals surface area (Å²) in [5, 5.41) is 3.26. The zero-order chi connectivity index (χ0) is 23.7. The number of amides is 2. The van der Waals surface area contributed by atoms with Gasteiger partial charge in [-0.3, -0.25) is 14.4 Å². The van der Waals surface area contributed by atoms with Gasteiger partial charge in [-0.2, -0.15) is 0 Å². The van der Waals surface area contributed by atoms with Crippen LogP contribution >= 0.6 is 0 Å². The van der Waals surface area contributed by atoms with Crippen molar-refractivity contribution >= 4 is 34.2 Å². The van der Waals surface area contributed by atoms with Crippen LogP contribution in [0.2, 0.25) is 0 Å². The molecule has 5 rings (SSSR count). The van der Waals surface area contributed by atoms with Gasteiger partial charge in [-0.05, 0) is 50.1 Å². The van der Waals surface area contributed by atoms with Crippen molar-refractivity contribution in [3.63, 3.8) is 0 Å². The predicted octanol–water partition coefficient (Wildman–Crippen LogP) is 5.54. The molecule has 0 radical (unpaired) electrons. The summed E-state index contributed by atoms with van der Waals surface area (Å²) in [5.41, 5.74) is 2.94. The number of hydrogen-bond donors (Lipinski definition) is 1. The van der Waals surface area contributed by atoms with Crippen LogP contribution in [0.25, 0.3) is 22.3 Å². The van der Waals surface area contributed by atoms with E-state index in [2.05, 4.69) is 5.32 Å². The molecular formula is C28H24N2O4. The van der Waals surface area contributed by atoms with Gasteiger partial charge in [-0.15, -0.1) is 0 Å². The molecule has 170 valence electrons. The molecule has 0 bridgehead atoms. The molecule has 34 heavy (non-hydrogen) atoms. The molecule has 1 aliphatic heterocycles. The minimum absolute atomic E-state index is 0.0920. The second-order valence-electron chi connectivity index (χ2n) is 8.44. The van der Waals surface area contributed by atoms with Crippen LogP contribution in [0.5, 0.6) is 0 Å². The lowest BCUT2D eigenvalue weighted by Crippen LogP contribution is -2.35. The van der Waals surface area contributed by atoms with Gasteiger partial charge in [0.05, 0.1) is 10.9 Å². The van der Waals surface area contributed by atoms with Crippen LogP contribution in [0, 0.1) is 6.92 Å². The lowest BCUT2D eigenvalue weighted by Gasteiger charge is -2.27. The Balaban J connectivity index is 1.52. The number of hydrogen-bond acceptors (Lipinski definition) is 4. The van der Waals surface area contributed by atoms with E-state index >= 15 is 0 Å². The maximum atomic E-state index is 13.3. The summed E-state index contributed by atoms with van der Waals surface area (Å²) in [6.45, 7) is 2.40. The van der Waals surface area contributed by atoms with Crippen molar-refractivity contribution in [2.75, 3.05) is 16.8 Å². The number of carbonyl (C=O) groups excluding carboxylic acids is 2. The van der Waals surface area contributed by atoms with Gasteiger partial charge in [0.15, 0.2) is 11.0 Å². The maximum Gasteiger partial charge on any atom is 0.259 e. The van der Waals surface area contributed by atoms with Crippen molar-refractivity contribution < 1.29 is 14.0 Å². The van der Waals surface area contributed by atoms with Gasteiger partial charge in [-0.25, -0.2) is 0 Å². The first kappa shape index (κ1) is 21.6. The second-order valence-corrected chi connectivity index (χ2v) is 8.44. The second kappa shape index (κ2) is 8.98. The van der Waals surface area contributed by atoms with Crippen LogP contribution in [-0.4, -0.2) is 18.4 Å². The lowest BCUT2D eigenvalue weighted by atomic mass is 10.0. The lowest BCUT2D eigenvalue weighted by molar-refractivity contribution is -0.119. The SMILES string of the molecule is Cc1c(-c2ccccc2)oc2c(C(=O)Nc3cccc(N4CCCCC4=O)c3)cccc2c1=O. The molecule has 1 N–H and O–H groups in total. The third-order valence-electron chi connectivity index (χ3n) is 6.16. The number of fused-ring (bicyclic) bond motifs is 1. The number of benzene rings is 3. The molecule has 0 unspecified atom stereocenters. The molecule has 2 heterocycles. The van der Waals surface area contributed by atoms with Crippen LogP contribution < -0.4 is 15.6 Å². The van der Waals surface area contributed by atoms with E-state index in [4.69, 9.17) is 4.42 Å². The molecule has 0 atom stereocenters. The van der Waals surface area contributed by atoms with E-state index in [-0.39, 0.29) is 22.5 Å². The molecular weight excluding hydrogens is 428 g/mol. The Morgan fingerprint density at radius 3 is 2.53 bits per heavy atom. The summed E-state index contributed by atoms with van der Waals surface area (Å²) in [6, 6.07) is 21.6. The zero-order valence-corrected chi connectivity index (χ0v) is 18.8. The fraction of sp³-hybridized carbons (Fsp3) is 0.179. The highest BCUT2D eigenvalue weighted by atomic mass is 16.3. The average molecular weight is 453 g/mol. The minimum Gasteiger partial charge on any atom is -0.455 e. The van der Waals surface area contributed by atoms with E-state index in [1.54, 1.807) is 42.2 Å². The van der Waals surface area contributed by atoms with Crippen molar-refractivity contribution in [3.05, 3.63) is 94.1 Å². The van der Waals surface area contributed by atoms with Crippen LogP contribution in [0.3, 0.4) is 0 Å². The maximum absolute atomic E-state index is 13.3. The van der Waals surface area contributed by atoms with E-state index in [1.807, 2.05) is 42.5 Å². The molecule has 1 saturated heterocycles. The molecule has 1 fully saturated rings. The van der Waals surface area contributed by atoms with Crippen molar-refractivity contribution in [2.45, 2.75) is 26.2 Å². The van der Waals surface area contributed by atoms with Crippen molar-refractivity contribution in [2.24, 2.45) is 0 Å². The van der Waals surface area contributed by atoms with Gasteiger partial charge in [0.25, 0.3) is 5.91 Å². The quantitative estimate of drug-likeness (QED) is 0.441. The molecule has 4 aromatic rings. The Bertz CT molecular complexity index is 1460. The Kier molecular flexibility index (Phi) is 5.72. The molecule has 6 nitrogen and oxygen atoms in total. The van der Waals surface area contributed by atoms with E-state index < -0.39 is 5.91 Å². The summed E-state index contributed by atoms with van der Waals surface area (Å²) < 4.78 is 6.17. The summed E-state index contributed by atoms with van der Waals surface area (Å²) in [4.78, 5) is 40.4. The van der Waals surface area contributed by atoms with Gasteiger partial charge >= 0.3 is 0 Å². The van der Waals surface area contributed by atoms with Crippen LogP contribution in [0.1, 0.15) is 35.2 Å². The van der Waals surface area contributed by atoms with Gasteiger partial charge < -0.3 is 14.6 Å². The molecule has 0 spiro atoms. The Hall–Kier alpha value is -4.19. The van der Waals surface area contributed by atoms with Crippen molar-refractivity contribution in [1.29, 1.82) is 0 Å². The minimum atomic E-state index is -0.390. The zero-order valence-electron chi connectivity index (χ0n) is 18.8. The van der Waals surface area contributed by atoms with Gasteiger partial charge in [-0.1, -0.05) is 42.5 Å². The third kappa shape index (κ3) is 3.99. The normalized spacial score (nSPS) is 13.8. The smallest absolute Gasteiger partial charge is 0.259 e. The Morgan fingerprint density at radius 1 is 0.941 bits per heavy atom. The summed E-state index contributed by atoms with van der Waals surface area (Å²) in [6.07, 6.45) is 2.40. The third-order valence-corrected chi connectivity index (χ3v) is 6.16. The first-order chi connectivity index (χ1) is 16.5. The first-order valence-electron chi connectivity index (χ1n) is 11.4. The predicted molar refractivity (Wildman–Crippen MR) is 133 cm³/mol. The van der Waals surface area contributed by atoms with Crippen molar-refractivity contribution in [3.8, 4) is 11.3 Å². The first-order valence-corrected chi connectivity index (χ1v) is 11.4. The highest BCUT2D eigenvalue weighted by Gasteiger charge is 2.21. The summed E-state index contributed by atoms with van der Waals surface area (Å²) >= 11 is 0. The summed E-state index contributed by atoms with van der Waals surface area (Å²) in [7, 11) is 0. The fourth-order valence-electron chi connectivity index (χ4n) is 4.38. The van der Waals surface area contributed by atoms with E-state index in [0.29, 0.717) is 35.4 Å². The standard InChI is InChI=1S/C28H24N2O4/c1-18-25(32)22-13-8-14-23(27(22)34-26(18)19-9-3-2-4-10-19)28(33)29-20-11-7-12-21(17-20)30-16-6-5-15-24(30)31/h2-4,7-14,17H,5-6,15-16H2,1H3,(H,29,33).